The smallest absolute Gasteiger partial charge is 0.222 e. The molecular weight excluding hydrogens is 302 g/mol. The van der Waals surface area contributed by atoms with Gasteiger partial charge in [-0.3, -0.25) is 14.7 Å². The summed E-state index contributed by atoms with van der Waals surface area (Å²) in [7, 11) is 0. The lowest BCUT2D eigenvalue weighted by molar-refractivity contribution is -0.132. The minimum absolute atomic E-state index is 0.322. The van der Waals surface area contributed by atoms with E-state index in [9.17, 15) is 4.79 Å². The van der Waals surface area contributed by atoms with Crippen molar-refractivity contribution in [1.82, 2.24) is 14.8 Å². The van der Waals surface area contributed by atoms with Crippen LogP contribution in [0.15, 0.2) is 24.5 Å². The third-order valence-electron chi connectivity index (χ3n) is 5.47. The van der Waals surface area contributed by atoms with Crippen LogP contribution in [-0.4, -0.2) is 66.1 Å². The molecule has 1 aromatic heterocycles. The number of ether oxygens (including phenoxy) is 1. The second-order valence-corrected chi connectivity index (χ2v) is 6.97. The first kappa shape index (κ1) is 17.4. The van der Waals surface area contributed by atoms with Crippen molar-refractivity contribution in [2.24, 2.45) is 0 Å². The molecule has 3 rings (SSSR count). The van der Waals surface area contributed by atoms with E-state index in [1.165, 1.54) is 5.56 Å². The van der Waals surface area contributed by atoms with Crippen LogP contribution in [0.4, 0.5) is 0 Å². The fourth-order valence-electron chi connectivity index (χ4n) is 3.79. The Morgan fingerprint density at radius 1 is 1.21 bits per heavy atom. The number of carbonyl (C=O) groups is 1. The quantitative estimate of drug-likeness (QED) is 0.830. The topological polar surface area (TPSA) is 45.7 Å². The van der Waals surface area contributed by atoms with Gasteiger partial charge in [-0.15, -0.1) is 0 Å². The van der Waals surface area contributed by atoms with E-state index in [0.29, 0.717) is 24.3 Å². The number of hydrogen-bond acceptors (Lipinski definition) is 4. The second-order valence-electron chi connectivity index (χ2n) is 6.97. The number of pyridine rings is 1. The molecule has 2 aliphatic heterocycles. The number of morpholine rings is 1. The van der Waals surface area contributed by atoms with Gasteiger partial charge in [-0.05, 0) is 49.8 Å². The molecular formula is C19H29N3O2. The minimum Gasteiger partial charge on any atom is -0.379 e. The van der Waals surface area contributed by atoms with Crippen LogP contribution in [0.5, 0.6) is 0 Å². The Bertz CT molecular complexity index is 509. The Labute approximate surface area is 145 Å². The first-order chi connectivity index (χ1) is 11.7. The van der Waals surface area contributed by atoms with Crippen LogP contribution in [0.25, 0.3) is 0 Å². The van der Waals surface area contributed by atoms with Crippen molar-refractivity contribution in [3.05, 3.63) is 30.1 Å². The van der Waals surface area contributed by atoms with Crippen molar-refractivity contribution < 1.29 is 9.53 Å². The van der Waals surface area contributed by atoms with Crippen molar-refractivity contribution in [3.8, 4) is 0 Å². The summed E-state index contributed by atoms with van der Waals surface area (Å²) in [6.45, 7) is 7.63. The average molecular weight is 331 g/mol. The Morgan fingerprint density at radius 2 is 1.88 bits per heavy atom. The highest BCUT2D eigenvalue weighted by Crippen LogP contribution is 2.27. The van der Waals surface area contributed by atoms with E-state index >= 15 is 0 Å². The predicted molar refractivity (Wildman–Crippen MR) is 93.9 cm³/mol. The van der Waals surface area contributed by atoms with Crippen LogP contribution < -0.4 is 0 Å². The normalized spacial score (nSPS) is 21.6. The van der Waals surface area contributed by atoms with Crippen LogP contribution in [0.1, 0.15) is 44.1 Å². The summed E-state index contributed by atoms with van der Waals surface area (Å²) in [6.07, 6.45) is 7.46. The van der Waals surface area contributed by atoms with Gasteiger partial charge in [0.1, 0.15) is 0 Å². The number of nitrogens with zero attached hydrogens (tertiary/aromatic N) is 3. The zero-order valence-corrected chi connectivity index (χ0v) is 14.7. The van der Waals surface area contributed by atoms with E-state index in [-0.39, 0.29) is 0 Å². The summed E-state index contributed by atoms with van der Waals surface area (Å²) in [5, 5.41) is 0. The molecule has 1 atom stereocenters. The zero-order valence-electron chi connectivity index (χ0n) is 14.7. The van der Waals surface area contributed by atoms with Crippen LogP contribution in [0.2, 0.25) is 0 Å². The zero-order chi connectivity index (χ0) is 16.8. The van der Waals surface area contributed by atoms with Crippen molar-refractivity contribution >= 4 is 5.91 Å². The van der Waals surface area contributed by atoms with E-state index < -0.39 is 0 Å². The van der Waals surface area contributed by atoms with E-state index in [2.05, 4.69) is 33.8 Å². The molecule has 0 aliphatic carbocycles. The maximum atomic E-state index is 12.5. The van der Waals surface area contributed by atoms with Gasteiger partial charge in [0, 0.05) is 51.0 Å². The van der Waals surface area contributed by atoms with Crippen molar-refractivity contribution in [3.63, 3.8) is 0 Å². The maximum Gasteiger partial charge on any atom is 0.222 e. The number of hydrogen-bond donors (Lipinski definition) is 0. The van der Waals surface area contributed by atoms with Gasteiger partial charge >= 0.3 is 0 Å². The lowest BCUT2D eigenvalue weighted by Gasteiger charge is -2.34. The van der Waals surface area contributed by atoms with Gasteiger partial charge in [0.05, 0.1) is 13.2 Å². The molecule has 0 saturated carbocycles. The number of carbonyl (C=O) groups excluding carboxylic acids is 1. The maximum absolute atomic E-state index is 12.5. The van der Waals surface area contributed by atoms with Crippen LogP contribution >= 0.6 is 0 Å². The summed E-state index contributed by atoms with van der Waals surface area (Å²) in [5.74, 6) is 0.896. The molecule has 24 heavy (non-hydrogen) atoms. The molecule has 1 aromatic rings. The average Bonchev–Trinajstić information content (AvgIpc) is 2.67. The Hall–Kier alpha value is -1.46. The van der Waals surface area contributed by atoms with Crippen molar-refractivity contribution in [2.45, 2.75) is 44.6 Å². The van der Waals surface area contributed by atoms with E-state index in [1.807, 2.05) is 12.4 Å². The van der Waals surface area contributed by atoms with Gasteiger partial charge in [-0.2, -0.15) is 0 Å². The molecule has 0 unspecified atom stereocenters. The monoisotopic (exact) mass is 331 g/mol. The Morgan fingerprint density at radius 3 is 2.54 bits per heavy atom. The highest BCUT2D eigenvalue weighted by Gasteiger charge is 2.24. The third-order valence-corrected chi connectivity index (χ3v) is 5.47. The number of likely N-dealkylation sites (tertiary alicyclic amines) is 1. The Kier molecular flexibility index (Phi) is 6.21. The summed E-state index contributed by atoms with van der Waals surface area (Å²) >= 11 is 0. The molecule has 0 radical (unpaired) electrons. The molecule has 2 fully saturated rings. The number of aromatic nitrogens is 1. The Balaban J connectivity index is 1.40. The summed E-state index contributed by atoms with van der Waals surface area (Å²) in [6, 6.07) is 4.67. The van der Waals surface area contributed by atoms with Gasteiger partial charge < -0.3 is 9.64 Å². The molecule has 0 N–H and O–H groups in total. The molecule has 0 spiro atoms. The fraction of sp³-hybridized carbons (Fsp3) is 0.684. The first-order valence-electron chi connectivity index (χ1n) is 9.23. The molecule has 5 nitrogen and oxygen atoms in total. The lowest BCUT2D eigenvalue weighted by atomic mass is 9.90. The predicted octanol–water partition coefficient (Wildman–Crippen LogP) is 2.29. The molecule has 0 aromatic carbocycles. The van der Waals surface area contributed by atoms with Crippen LogP contribution in [-0.2, 0) is 9.53 Å². The van der Waals surface area contributed by atoms with Gasteiger partial charge in [0.25, 0.3) is 0 Å². The van der Waals surface area contributed by atoms with E-state index in [0.717, 1.165) is 58.7 Å². The molecule has 2 saturated heterocycles. The molecule has 2 aliphatic rings. The SMILES string of the molecule is C[C@H](CCC(=O)N1CCC(c2ccncc2)CC1)N1CCOCC1. The molecule has 132 valence electrons. The molecule has 0 bridgehead atoms. The van der Waals surface area contributed by atoms with Crippen molar-refractivity contribution in [2.75, 3.05) is 39.4 Å². The summed E-state index contributed by atoms with van der Waals surface area (Å²) in [5.41, 5.74) is 1.36. The highest BCUT2D eigenvalue weighted by atomic mass is 16.5. The number of rotatable bonds is 5. The van der Waals surface area contributed by atoms with Crippen LogP contribution in [0, 0.1) is 0 Å². The summed E-state index contributed by atoms with van der Waals surface area (Å²) < 4.78 is 5.40. The largest absolute Gasteiger partial charge is 0.379 e. The van der Waals surface area contributed by atoms with Gasteiger partial charge in [0.15, 0.2) is 0 Å². The van der Waals surface area contributed by atoms with Gasteiger partial charge in [0.2, 0.25) is 5.91 Å². The number of amides is 1. The molecule has 1 amide bonds. The molecule has 3 heterocycles. The first-order valence-corrected chi connectivity index (χ1v) is 9.23. The summed E-state index contributed by atoms with van der Waals surface area (Å²) in [4.78, 5) is 21.1. The second kappa shape index (κ2) is 8.58. The van der Waals surface area contributed by atoms with Crippen molar-refractivity contribution in [1.29, 1.82) is 0 Å². The lowest BCUT2D eigenvalue weighted by Crippen LogP contribution is -2.43. The third kappa shape index (κ3) is 4.54. The minimum atomic E-state index is 0.322. The standard InChI is InChI=1S/C19H29N3O2/c1-16(21-12-14-24-15-13-21)2-3-19(23)22-10-6-18(7-11-22)17-4-8-20-9-5-17/h4-5,8-9,16,18H,2-3,6-7,10-15H2,1H3/t16-/m1/s1. The number of piperidine rings is 1. The fourth-order valence-corrected chi connectivity index (χ4v) is 3.79. The van der Waals surface area contributed by atoms with E-state index in [1.54, 1.807) is 0 Å². The molecule has 5 heteroatoms. The highest BCUT2D eigenvalue weighted by molar-refractivity contribution is 5.76. The van der Waals surface area contributed by atoms with Crippen LogP contribution in [0.3, 0.4) is 0 Å². The van der Waals surface area contributed by atoms with Gasteiger partial charge in [-0.25, -0.2) is 0 Å². The van der Waals surface area contributed by atoms with E-state index in [4.69, 9.17) is 4.74 Å². The van der Waals surface area contributed by atoms with Gasteiger partial charge in [-0.1, -0.05) is 0 Å².